The molecule has 0 bridgehead atoms. The number of aliphatic imine (C=N–C) groups is 1. The van der Waals surface area contributed by atoms with Crippen LogP contribution >= 0.6 is 0 Å². The number of benzene rings is 2. The summed E-state index contributed by atoms with van der Waals surface area (Å²) < 4.78 is 0. The lowest BCUT2D eigenvalue weighted by atomic mass is 10.0. The summed E-state index contributed by atoms with van der Waals surface area (Å²) in [5, 5.41) is 12.6. The molecule has 2 aliphatic heterocycles. The lowest BCUT2D eigenvalue weighted by molar-refractivity contribution is 0.100. The van der Waals surface area contributed by atoms with Gasteiger partial charge in [0, 0.05) is 46.6 Å². The number of amides is 1. The van der Waals surface area contributed by atoms with Crippen LogP contribution in [-0.4, -0.2) is 29.8 Å². The zero-order valence-corrected chi connectivity index (χ0v) is 16.9. The maximum atomic E-state index is 11.8. The van der Waals surface area contributed by atoms with Crippen LogP contribution in [0.1, 0.15) is 27.8 Å². The summed E-state index contributed by atoms with van der Waals surface area (Å²) in [4.78, 5) is 19.7. The van der Waals surface area contributed by atoms with Crippen molar-refractivity contribution >= 4 is 22.9 Å². The minimum atomic E-state index is -0.433. The van der Waals surface area contributed by atoms with E-state index in [9.17, 15) is 4.79 Å². The number of aromatic amines is 1. The van der Waals surface area contributed by atoms with Gasteiger partial charge in [0.2, 0.25) is 5.91 Å². The van der Waals surface area contributed by atoms with E-state index in [0.717, 1.165) is 34.3 Å². The average Bonchev–Trinajstić information content (AvgIpc) is 3.08. The monoisotopic (exact) mass is 412 g/mol. The molecule has 2 atom stereocenters. The van der Waals surface area contributed by atoms with Crippen molar-refractivity contribution in [2.24, 2.45) is 10.7 Å². The van der Waals surface area contributed by atoms with Crippen molar-refractivity contribution in [3.05, 3.63) is 95.0 Å². The smallest absolute Gasteiger partial charge is 0.249 e. The van der Waals surface area contributed by atoms with Gasteiger partial charge >= 0.3 is 0 Å². The number of nitrogens with zero attached hydrogens (tertiary/aromatic N) is 1. The number of carbonyl (C=O) groups excluding carboxylic acids is 1. The van der Waals surface area contributed by atoms with Crippen molar-refractivity contribution in [3.8, 4) is 0 Å². The molecule has 1 amide bonds. The Morgan fingerprint density at radius 2 is 2.00 bits per heavy atom. The molecule has 0 saturated carbocycles. The third-order valence-corrected chi connectivity index (χ3v) is 5.72. The Kier molecular flexibility index (Phi) is 5.11. The molecule has 0 spiro atoms. The first-order valence-corrected chi connectivity index (χ1v) is 10.3. The fourth-order valence-electron chi connectivity index (χ4n) is 4.19. The molecule has 7 nitrogen and oxygen atoms in total. The second kappa shape index (κ2) is 8.22. The van der Waals surface area contributed by atoms with Crippen LogP contribution in [0.25, 0.3) is 10.8 Å². The summed E-state index contributed by atoms with van der Waals surface area (Å²) in [5.41, 5.74) is 10.4. The number of nitrogens with two attached hydrogens (primary N) is 1. The number of hydrogen-bond donors (Lipinski definition) is 5. The van der Waals surface area contributed by atoms with Gasteiger partial charge in [-0.2, -0.15) is 0 Å². The highest BCUT2D eigenvalue weighted by Gasteiger charge is 2.30. The zero-order valence-electron chi connectivity index (χ0n) is 16.9. The first-order chi connectivity index (χ1) is 15.2. The molecular formula is C24H24N6O. The molecule has 2 unspecified atom stereocenters. The Hall–Kier alpha value is -3.68. The lowest BCUT2D eigenvalue weighted by Crippen LogP contribution is -2.53. The van der Waals surface area contributed by atoms with Gasteiger partial charge in [-0.1, -0.05) is 42.5 Å². The van der Waals surface area contributed by atoms with Crippen LogP contribution in [0.4, 0.5) is 0 Å². The van der Waals surface area contributed by atoms with Crippen molar-refractivity contribution in [3.63, 3.8) is 0 Å². The second-order valence-electron chi connectivity index (χ2n) is 7.66. The van der Waals surface area contributed by atoms with Gasteiger partial charge in [-0.3, -0.25) is 20.4 Å². The van der Waals surface area contributed by atoms with Crippen LogP contribution in [0.5, 0.6) is 0 Å². The first kappa shape index (κ1) is 19.3. The van der Waals surface area contributed by atoms with E-state index in [1.165, 1.54) is 5.56 Å². The molecule has 3 heterocycles. The van der Waals surface area contributed by atoms with Crippen molar-refractivity contribution in [2.75, 3.05) is 6.54 Å². The maximum absolute atomic E-state index is 11.8. The molecule has 1 aromatic heterocycles. The van der Waals surface area contributed by atoms with Gasteiger partial charge in [0.1, 0.15) is 6.17 Å². The van der Waals surface area contributed by atoms with Crippen LogP contribution in [0.15, 0.2) is 83.1 Å². The van der Waals surface area contributed by atoms with E-state index in [4.69, 9.17) is 5.73 Å². The second-order valence-corrected chi connectivity index (χ2v) is 7.66. The van der Waals surface area contributed by atoms with Gasteiger partial charge in [0.25, 0.3) is 0 Å². The molecule has 156 valence electrons. The number of fused-ring (bicyclic) bond motifs is 1. The van der Waals surface area contributed by atoms with Crippen LogP contribution in [0.2, 0.25) is 0 Å². The SMILES string of the molecule is NC(=O)c1cccc2c(C3NC4=C(CN=CC=C4)C(NCc4ccccc4)N3)[nH]cc12. The van der Waals surface area contributed by atoms with Crippen LogP contribution < -0.4 is 21.7 Å². The molecule has 0 fully saturated rings. The Morgan fingerprint density at radius 1 is 1.13 bits per heavy atom. The molecular weight excluding hydrogens is 388 g/mol. The van der Waals surface area contributed by atoms with E-state index >= 15 is 0 Å². The number of carbonyl (C=O) groups is 1. The highest BCUT2D eigenvalue weighted by molar-refractivity contribution is 6.07. The molecule has 0 radical (unpaired) electrons. The lowest BCUT2D eigenvalue weighted by Gasteiger charge is -2.35. The average molecular weight is 412 g/mol. The molecule has 31 heavy (non-hydrogen) atoms. The molecule has 0 saturated heterocycles. The molecule has 7 heteroatoms. The highest BCUT2D eigenvalue weighted by atomic mass is 16.1. The minimum Gasteiger partial charge on any atom is -0.366 e. The minimum absolute atomic E-state index is 0.0703. The summed E-state index contributed by atoms with van der Waals surface area (Å²) in [7, 11) is 0. The van der Waals surface area contributed by atoms with Crippen LogP contribution in [0.3, 0.4) is 0 Å². The molecule has 2 aliphatic rings. The number of allylic oxidation sites excluding steroid dienone is 2. The van der Waals surface area contributed by atoms with Crippen LogP contribution in [0, 0.1) is 0 Å². The van der Waals surface area contributed by atoms with Gasteiger partial charge in [-0.25, -0.2) is 0 Å². The van der Waals surface area contributed by atoms with E-state index in [2.05, 4.69) is 44.1 Å². The molecule has 5 rings (SSSR count). The fourth-order valence-corrected chi connectivity index (χ4v) is 4.19. The van der Waals surface area contributed by atoms with Gasteiger partial charge in [-0.15, -0.1) is 0 Å². The summed E-state index contributed by atoms with van der Waals surface area (Å²) in [6, 6.07) is 15.9. The number of aromatic nitrogens is 1. The predicted octanol–water partition coefficient (Wildman–Crippen LogP) is 2.47. The van der Waals surface area contributed by atoms with Crippen molar-refractivity contribution in [1.29, 1.82) is 0 Å². The van der Waals surface area contributed by atoms with E-state index in [1.54, 1.807) is 6.07 Å². The van der Waals surface area contributed by atoms with E-state index in [-0.39, 0.29) is 12.3 Å². The fraction of sp³-hybridized carbons (Fsp3) is 0.167. The summed E-state index contributed by atoms with van der Waals surface area (Å²) in [6.07, 6.45) is 7.42. The Balaban J connectivity index is 1.48. The van der Waals surface area contributed by atoms with Crippen LogP contribution in [-0.2, 0) is 6.54 Å². The van der Waals surface area contributed by atoms with E-state index < -0.39 is 5.91 Å². The van der Waals surface area contributed by atoms with Gasteiger partial charge in [-0.05, 0) is 23.8 Å². The molecule has 0 aliphatic carbocycles. The number of nitrogens with one attached hydrogen (secondary N) is 4. The Labute approximate surface area is 180 Å². The number of hydrogen-bond acceptors (Lipinski definition) is 5. The molecule has 6 N–H and O–H groups in total. The topological polar surface area (TPSA) is 107 Å². The normalized spacial score (nSPS) is 20.4. The van der Waals surface area contributed by atoms with Gasteiger partial charge in [0.15, 0.2) is 0 Å². The third kappa shape index (κ3) is 3.76. The standard InChI is InChI=1S/C24H24N6O/c25-22(31)17-9-4-8-16-18(17)14-27-21(16)24-29-20-10-5-11-26-13-19(20)23(30-24)28-12-15-6-2-1-3-7-15/h1-11,14,23-24,27-30H,12-13H2,(H2,25,31). The predicted molar refractivity (Wildman–Crippen MR) is 122 cm³/mol. The largest absolute Gasteiger partial charge is 0.366 e. The first-order valence-electron chi connectivity index (χ1n) is 10.3. The third-order valence-electron chi connectivity index (χ3n) is 5.72. The van der Waals surface area contributed by atoms with Crippen molar-refractivity contribution < 1.29 is 4.79 Å². The summed E-state index contributed by atoms with van der Waals surface area (Å²) in [6.45, 7) is 1.34. The number of H-pyrrole nitrogens is 1. The Bertz CT molecular complexity index is 1210. The number of primary amides is 1. The summed E-state index contributed by atoms with van der Waals surface area (Å²) in [5.74, 6) is -0.433. The van der Waals surface area contributed by atoms with Crippen molar-refractivity contribution in [1.82, 2.24) is 20.9 Å². The molecule has 3 aromatic rings. The van der Waals surface area contributed by atoms with Gasteiger partial charge in [0.05, 0.1) is 18.4 Å². The number of rotatable bonds is 5. The highest BCUT2D eigenvalue weighted by Crippen LogP contribution is 2.29. The Morgan fingerprint density at radius 3 is 2.84 bits per heavy atom. The zero-order chi connectivity index (χ0) is 21.2. The van der Waals surface area contributed by atoms with Crippen molar-refractivity contribution in [2.45, 2.75) is 18.9 Å². The van der Waals surface area contributed by atoms with E-state index in [1.807, 2.05) is 48.8 Å². The molecule has 2 aromatic carbocycles. The quantitative estimate of drug-likeness (QED) is 0.444. The van der Waals surface area contributed by atoms with E-state index in [0.29, 0.717) is 12.1 Å². The van der Waals surface area contributed by atoms with Gasteiger partial charge < -0.3 is 16.0 Å². The summed E-state index contributed by atoms with van der Waals surface area (Å²) >= 11 is 0. The maximum Gasteiger partial charge on any atom is 0.249 e.